The van der Waals surface area contributed by atoms with E-state index < -0.39 is 55.7 Å². The molecule has 0 unspecified atom stereocenters. The highest BCUT2D eigenvalue weighted by Gasteiger charge is 2.54. The van der Waals surface area contributed by atoms with Gasteiger partial charge in [0.1, 0.15) is 30.2 Å². The zero-order chi connectivity index (χ0) is 30.2. The number of rotatable bonds is 9. The lowest BCUT2D eigenvalue weighted by Crippen LogP contribution is -2.67. The molecule has 226 valence electrons. The second-order valence-corrected chi connectivity index (χ2v) is 30.0. The molecule has 1 aromatic carbocycles. The Kier molecular flexibility index (Phi) is 10.7. The van der Waals surface area contributed by atoms with Gasteiger partial charge in [-0.3, -0.25) is 0 Å². The Hall–Kier alpha value is -0.529. The van der Waals surface area contributed by atoms with E-state index in [0.717, 1.165) is 0 Å². The fraction of sp³-hybridized carbons (Fsp3) is 0.800. The largest absolute Gasteiger partial charge is 0.462 e. The summed E-state index contributed by atoms with van der Waals surface area (Å²) >= 11 is 0. The summed E-state index contributed by atoms with van der Waals surface area (Å²) in [6.07, 6.45) is -3.50. The van der Waals surface area contributed by atoms with E-state index in [2.05, 4.69) is 102 Å². The summed E-state index contributed by atoms with van der Waals surface area (Å²) in [6.45, 7) is 33.8. The van der Waals surface area contributed by atoms with Gasteiger partial charge in [0.15, 0.2) is 25.0 Å². The highest BCUT2D eigenvalue weighted by Crippen LogP contribution is 2.44. The second-order valence-electron chi connectivity index (χ2n) is 15.7. The summed E-state index contributed by atoms with van der Waals surface area (Å²) in [6, 6.07) is 9.51. The van der Waals surface area contributed by atoms with Gasteiger partial charge in [-0.1, -0.05) is 80.5 Å². The van der Waals surface area contributed by atoms with Crippen LogP contribution in [0.3, 0.4) is 0 Å². The molecule has 1 aromatic rings. The predicted octanol–water partition coefficient (Wildman–Crippen LogP) is 7.95. The van der Waals surface area contributed by atoms with Gasteiger partial charge in [-0.25, -0.2) is 0 Å². The maximum Gasteiger partial charge on any atom is 0.229 e. The standard InChI is InChI=1S/C30H58O6Si3/c1-28(2,3)37(10,11)32-21-23-25(35-38(12,13)29(4,5)6)26(36-39(14,15)30(7,8)9)24(31)27(34-23)33-22-19-17-16-18-20-22/h16-20,23-27,31H,21H2,1-15H3/t23-,24-,25-,26-,27-/m1/s1. The van der Waals surface area contributed by atoms with E-state index in [9.17, 15) is 5.11 Å². The van der Waals surface area contributed by atoms with Crippen molar-refractivity contribution in [3.63, 3.8) is 0 Å². The smallest absolute Gasteiger partial charge is 0.229 e. The molecule has 0 amide bonds. The zero-order valence-electron chi connectivity index (χ0n) is 27.5. The van der Waals surface area contributed by atoms with Gasteiger partial charge in [-0.05, 0) is 66.5 Å². The van der Waals surface area contributed by atoms with Crippen molar-refractivity contribution in [2.24, 2.45) is 0 Å². The predicted molar refractivity (Wildman–Crippen MR) is 169 cm³/mol. The summed E-state index contributed by atoms with van der Waals surface area (Å²) in [5.41, 5.74) is 0. The molecule has 0 saturated carbocycles. The number of aliphatic hydroxyl groups is 1. The van der Waals surface area contributed by atoms with E-state index in [1.54, 1.807) is 0 Å². The van der Waals surface area contributed by atoms with Crippen LogP contribution in [0.2, 0.25) is 54.4 Å². The van der Waals surface area contributed by atoms with Crippen molar-refractivity contribution in [3.05, 3.63) is 30.3 Å². The van der Waals surface area contributed by atoms with Crippen LogP contribution >= 0.6 is 0 Å². The van der Waals surface area contributed by atoms with Crippen LogP contribution in [0.5, 0.6) is 5.75 Å². The van der Waals surface area contributed by atoms with Crippen LogP contribution in [0.1, 0.15) is 62.3 Å². The molecular weight excluding hydrogens is 541 g/mol. The van der Waals surface area contributed by atoms with Crippen molar-refractivity contribution in [2.45, 2.75) is 147 Å². The molecule has 1 aliphatic heterocycles. The van der Waals surface area contributed by atoms with Gasteiger partial charge in [0.2, 0.25) is 6.29 Å². The van der Waals surface area contributed by atoms with E-state index >= 15 is 0 Å². The van der Waals surface area contributed by atoms with E-state index in [4.69, 9.17) is 22.8 Å². The van der Waals surface area contributed by atoms with Crippen LogP contribution in [-0.2, 0) is 18.0 Å². The van der Waals surface area contributed by atoms with Crippen molar-refractivity contribution in [3.8, 4) is 5.75 Å². The quantitative estimate of drug-likeness (QED) is 0.291. The highest BCUT2D eigenvalue weighted by molar-refractivity contribution is 6.75. The molecule has 0 aliphatic carbocycles. The molecular formula is C30H58O6Si3. The van der Waals surface area contributed by atoms with Crippen LogP contribution in [0, 0.1) is 0 Å². The van der Waals surface area contributed by atoms with Crippen LogP contribution in [-0.4, -0.2) is 67.4 Å². The minimum absolute atomic E-state index is 0.0261. The molecule has 5 atom stereocenters. The zero-order valence-corrected chi connectivity index (χ0v) is 30.5. The Morgan fingerprint density at radius 1 is 0.692 bits per heavy atom. The van der Waals surface area contributed by atoms with Crippen LogP contribution in [0.4, 0.5) is 0 Å². The van der Waals surface area contributed by atoms with E-state index in [1.807, 2.05) is 30.3 Å². The molecule has 6 nitrogen and oxygen atoms in total. The number of para-hydroxylation sites is 1. The molecule has 0 bridgehead atoms. The summed E-state index contributed by atoms with van der Waals surface area (Å²) in [7, 11) is -6.67. The monoisotopic (exact) mass is 598 g/mol. The Morgan fingerprint density at radius 2 is 1.13 bits per heavy atom. The Balaban J connectivity index is 2.57. The molecule has 2 rings (SSSR count). The molecule has 39 heavy (non-hydrogen) atoms. The number of hydrogen-bond acceptors (Lipinski definition) is 6. The average molecular weight is 599 g/mol. The molecule has 0 radical (unpaired) electrons. The number of ether oxygens (including phenoxy) is 2. The second kappa shape index (κ2) is 12.0. The molecule has 1 heterocycles. The molecule has 9 heteroatoms. The van der Waals surface area contributed by atoms with Gasteiger partial charge >= 0.3 is 0 Å². The number of hydrogen-bond donors (Lipinski definition) is 1. The van der Waals surface area contributed by atoms with Gasteiger partial charge in [-0.15, -0.1) is 0 Å². The van der Waals surface area contributed by atoms with Crippen molar-refractivity contribution in [1.82, 2.24) is 0 Å². The first kappa shape index (κ1) is 34.7. The minimum Gasteiger partial charge on any atom is -0.462 e. The van der Waals surface area contributed by atoms with Gasteiger partial charge in [0.25, 0.3) is 0 Å². The molecule has 1 saturated heterocycles. The fourth-order valence-corrected chi connectivity index (χ4v) is 7.22. The van der Waals surface area contributed by atoms with Crippen molar-refractivity contribution in [2.75, 3.05) is 6.61 Å². The number of benzene rings is 1. The molecule has 0 spiro atoms. The first-order chi connectivity index (χ1) is 17.4. The lowest BCUT2D eigenvalue weighted by molar-refractivity contribution is -0.270. The third kappa shape index (κ3) is 8.50. The Labute approximate surface area is 242 Å². The minimum atomic E-state index is -2.31. The number of aliphatic hydroxyl groups excluding tert-OH is 1. The van der Waals surface area contributed by atoms with Gasteiger partial charge < -0.3 is 27.9 Å². The van der Waals surface area contributed by atoms with Gasteiger partial charge in [0, 0.05) is 0 Å². The van der Waals surface area contributed by atoms with Crippen molar-refractivity contribution in [1.29, 1.82) is 0 Å². The maximum atomic E-state index is 11.8. The van der Waals surface area contributed by atoms with Crippen molar-refractivity contribution >= 4 is 25.0 Å². The average Bonchev–Trinajstić information content (AvgIpc) is 2.75. The Morgan fingerprint density at radius 3 is 1.56 bits per heavy atom. The lowest BCUT2D eigenvalue weighted by atomic mass is 9.99. The van der Waals surface area contributed by atoms with E-state index in [1.165, 1.54) is 0 Å². The van der Waals surface area contributed by atoms with Crippen molar-refractivity contribution < 1.29 is 27.9 Å². The first-order valence-corrected chi connectivity index (χ1v) is 23.2. The summed E-state index contributed by atoms with van der Waals surface area (Å²) in [5.74, 6) is 0.639. The first-order valence-electron chi connectivity index (χ1n) is 14.4. The molecule has 0 aromatic heterocycles. The van der Waals surface area contributed by atoms with Crippen LogP contribution in [0.15, 0.2) is 30.3 Å². The topological polar surface area (TPSA) is 66.4 Å². The lowest BCUT2D eigenvalue weighted by Gasteiger charge is -2.52. The van der Waals surface area contributed by atoms with E-state index in [-0.39, 0.29) is 15.1 Å². The fourth-order valence-electron chi connectivity index (χ4n) is 3.58. The maximum absolute atomic E-state index is 11.8. The SMILES string of the molecule is CC(C)(C)[Si](C)(C)OC[C@H]1O[C@@H](Oc2ccccc2)[C@H](O)[C@@H](O[Si](C)(C)C(C)(C)C)[C@@H]1O[Si](C)(C)C(C)(C)C. The third-order valence-electron chi connectivity index (χ3n) is 9.50. The van der Waals surface area contributed by atoms with Crippen LogP contribution in [0.25, 0.3) is 0 Å². The molecule has 1 fully saturated rings. The highest BCUT2D eigenvalue weighted by atomic mass is 28.4. The van der Waals surface area contributed by atoms with E-state index in [0.29, 0.717) is 12.4 Å². The Bertz CT molecular complexity index is 915. The molecule has 1 N–H and O–H groups in total. The van der Waals surface area contributed by atoms with Gasteiger partial charge in [-0.2, -0.15) is 0 Å². The summed E-state index contributed by atoms with van der Waals surface area (Å²) in [4.78, 5) is 0. The third-order valence-corrected chi connectivity index (χ3v) is 22.9. The molecule has 1 aliphatic rings. The van der Waals surface area contributed by atoms with Gasteiger partial charge in [0.05, 0.1) is 6.61 Å². The summed E-state index contributed by atoms with van der Waals surface area (Å²) < 4.78 is 33.6. The van der Waals surface area contributed by atoms with Crippen LogP contribution < -0.4 is 4.74 Å². The normalized spacial score (nSPS) is 26.0. The summed E-state index contributed by atoms with van der Waals surface area (Å²) in [5, 5.41) is 11.8.